The van der Waals surface area contributed by atoms with Gasteiger partial charge in [-0.15, -0.1) is 0 Å². The van der Waals surface area contributed by atoms with Gasteiger partial charge in [-0.25, -0.2) is 13.1 Å². The van der Waals surface area contributed by atoms with Gasteiger partial charge in [0.25, 0.3) is 0 Å². The van der Waals surface area contributed by atoms with Crippen LogP contribution in [0, 0.1) is 0 Å². The monoisotopic (exact) mass is 425 g/mol. The zero-order chi connectivity index (χ0) is 21.1. The average Bonchev–Trinajstić information content (AvgIpc) is 3.26. The smallest absolute Gasteiger partial charge is 0.211 e. The average molecular weight is 426 g/mol. The second-order valence-electron chi connectivity index (χ2n) is 6.98. The molecule has 3 N–H and O–H groups in total. The van der Waals surface area contributed by atoms with Crippen LogP contribution in [0.25, 0.3) is 0 Å². The Kier molecular flexibility index (Phi) is 9.69. The lowest BCUT2D eigenvalue weighted by molar-refractivity contribution is 0.251. The highest BCUT2D eigenvalue weighted by molar-refractivity contribution is 7.89. The zero-order valence-corrected chi connectivity index (χ0v) is 18.6. The van der Waals surface area contributed by atoms with Gasteiger partial charge >= 0.3 is 0 Å². The molecule has 0 aromatic heterocycles. The summed E-state index contributed by atoms with van der Waals surface area (Å²) in [5.74, 6) is 1.63. The first-order chi connectivity index (χ1) is 14.0. The van der Waals surface area contributed by atoms with Gasteiger partial charge in [-0.3, -0.25) is 9.89 Å². The molecular weight excluding hydrogens is 390 g/mol. The molecule has 1 fully saturated rings. The molecule has 2 rings (SSSR count). The molecule has 0 bridgehead atoms. The molecule has 9 heteroatoms. The van der Waals surface area contributed by atoms with E-state index >= 15 is 0 Å². The summed E-state index contributed by atoms with van der Waals surface area (Å²) in [5.41, 5.74) is 1.23. The predicted molar refractivity (Wildman–Crippen MR) is 118 cm³/mol. The fourth-order valence-corrected chi connectivity index (χ4v) is 3.94. The Morgan fingerprint density at radius 1 is 1.14 bits per heavy atom. The summed E-state index contributed by atoms with van der Waals surface area (Å²) >= 11 is 0. The van der Waals surface area contributed by atoms with Gasteiger partial charge in [0.15, 0.2) is 5.96 Å². The topological polar surface area (TPSA) is 95.1 Å². The maximum absolute atomic E-state index is 11.5. The Balaban J connectivity index is 2.02. The van der Waals surface area contributed by atoms with Gasteiger partial charge in [0.2, 0.25) is 10.0 Å². The fourth-order valence-electron chi connectivity index (χ4n) is 3.32. The number of sulfonamides is 1. The molecule has 0 radical (unpaired) electrons. The van der Waals surface area contributed by atoms with Gasteiger partial charge in [0, 0.05) is 19.6 Å². The molecule has 1 saturated heterocycles. The van der Waals surface area contributed by atoms with Crippen molar-refractivity contribution in [2.45, 2.75) is 32.7 Å². The minimum Gasteiger partial charge on any atom is -0.497 e. The number of aliphatic imine (C=N–C) groups is 1. The van der Waals surface area contributed by atoms with Crippen molar-refractivity contribution >= 4 is 16.0 Å². The van der Waals surface area contributed by atoms with Crippen LogP contribution in [-0.2, 0) is 10.0 Å². The highest BCUT2D eigenvalue weighted by atomic mass is 32.2. The summed E-state index contributed by atoms with van der Waals surface area (Å²) in [6, 6.07) is 8.41. The van der Waals surface area contributed by atoms with Gasteiger partial charge in [-0.05, 0) is 57.5 Å². The molecule has 1 unspecified atom stereocenters. The van der Waals surface area contributed by atoms with Crippen molar-refractivity contribution in [1.29, 1.82) is 0 Å². The third-order valence-corrected chi connectivity index (χ3v) is 6.37. The third kappa shape index (κ3) is 7.83. The summed E-state index contributed by atoms with van der Waals surface area (Å²) in [6.45, 7) is 7.96. The van der Waals surface area contributed by atoms with Gasteiger partial charge in [0.05, 0.1) is 25.4 Å². The number of hydrogen-bond acceptors (Lipinski definition) is 5. The highest BCUT2D eigenvalue weighted by Crippen LogP contribution is 2.27. The molecule has 1 aliphatic rings. The predicted octanol–water partition coefficient (Wildman–Crippen LogP) is 1.33. The quantitative estimate of drug-likeness (QED) is 0.281. The summed E-state index contributed by atoms with van der Waals surface area (Å²) in [7, 11) is -1.50. The van der Waals surface area contributed by atoms with Gasteiger partial charge in [-0.1, -0.05) is 12.1 Å². The van der Waals surface area contributed by atoms with E-state index in [1.807, 2.05) is 19.1 Å². The van der Waals surface area contributed by atoms with Crippen LogP contribution in [0.2, 0.25) is 0 Å². The van der Waals surface area contributed by atoms with E-state index in [0.29, 0.717) is 25.6 Å². The molecule has 0 spiro atoms. The van der Waals surface area contributed by atoms with E-state index in [2.05, 4.69) is 32.4 Å². The molecule has 1 atom stereocenters. The van der Waals surface area contributed by atoms with Crippen LogP contribution in [-0.4, -0.2) is 71.4 Å². The first kappa shape index (κ1) is 23.4. The van der Waals surface area contributed by atoms with Crippen molar-refractivity contribution < 1.29 is 13.2 Å². The molecule has 0 amide bonds. The Morgan fingerprint density at radius 3 is 2.41 bits per heavy atom. The maximum Gasteiger partial charge on any atom is 0.211 e. The minimum absolute atomic E-state index is 0.0839. The largest absolute Gasteiger partial charge is 0.497 e. The third-order valence-electron chi connectivity index (χ3n) is 4.97. The molecule has 8 nitrogen and oxygen atoms in total. The van der Waals surface area contributed by atoms with Crippen LogP contribution in [0.4, 0.5) is 0 Å². The molecule has 0 saturated carbocycles. The number of nitrogens with one attached hydrogen (secondary N) is 3. The van der Waals surface area contributed by atoms with Crippen molar-refractivity contribution in [3.63, 3.8) is 0 Å². The Bertz CT molecular complexity index is 731. The highest BCUT2D eigenvalue weighted by Gasteiger charge is 2.23. The van der Waals surface area contributed by atoms with Gasteiger partial charge in [0.1, 0.15) is 5.75 Å². The van der Waals surface area contributed by atoms with E-state index in [4.69, 9.17) is 9.73 Å². The standard InChI is InChI=1S/C20H35N5O3S/c1-4-21-20(22-12-13-24-29(26,27)5-2)23-16-19(25-14-6-7-15-25)17-8-10-18(28-3)11-9-17/h8-11,19,24H,4-7,12-16H2,1-3H3,(H2,21,22,23). The molecule has 29 heavy (non-hydrogen) atoms. The summed E-state index contributed by atoms with van der Waals surface area (Å²) < 4.78 is 30.9. The number of rotatable bonds is 11. The van der Waals surface area contributed by atoms with E-state index in [1.165, 1.54) is 18.4 Å². The first-order valence-corrected chi connectivity index (χ1v) is 12.0. The fraction of sp³-hybridized carbons (Fsp3) is 0.650. The number of methoxy groups -OCH3 is 1. The van der Waals surface area contributed by atoms with Crippen LogP contribution in [0.15, 0.2) is 29.3 Å². The minimum atomic E-state index is -3.18. The lowest BCUT2D eigenvalue weighted by atomic mass is 10.1. The molecule has 1 aromatic carbocycles. The van der Waals surface area contributed by atoms with Crippen LogP contribution >= 0.6 is 0 Å². The van der Waals surface area contributed by atoms with E-state index < -0.39 is 10.0 Å². The van der Waals surface area contributed by atoms with E-state index in [0.717, 1.165) is 25.4 Å². The van der Waals surface area contributed by atoms with Crippen LogP contribution in [0.3, 0.4) is 0 Å². The number of likely N-dealkylation sites (tertiary alicyclic amines) is 1. The lowest BCUT2D eigenvalue weighted by Crippen LogP contribution is -2.42. The number of ether oxygens (including phenoxy) is 1. The number of guanidine groups is 1. The van der Waals surface area contributed by atoms with Gasteiger partial charge < -0.3 is 15.4 Å². The Morgan fingerprint density at radius 2 is 1.83 bits per heavy atom. The molecule has 0 aliphatic carbocycles. The molecule has 164 valence electrons. The zero-order valence-electron chi connectivity index (χ0n) is 17.8. The van der Waals surface area contributed by atoms with Crippen molar-refractivity contribution in [1.82, 2.24) is 20.3 Å². The summed E-state index contributed by atoms with van der Waals surface area (Å²) in [5, 5.41) is 6.44. The SMILES string of the molecule is CCNC(=NCC(c1ccc(OC)cc1)N1CCCC1)NCCNS(=O)(=O)CC. The van der Waals surface area contributed by atoms with Crippen molar-refractivity contribution in [2.75, 3.05) is 52.1 Å². The lowest BCUT2D eigenvalue weighted by Gasteiger charge is -2.27. The van der Waals surface area contributed by atoms with E-state index in [-0.39, 0.29) is 11.8 Å². The van der Waals surface area contributed by atoms with Crippen molar-refractivity contribution in [3.05, 3.63) is 29.8 Å². The molecule has 1 aromatic rings. The van der Waals surface area contributed by atoms with Gasteiger partial charge in [-0.2, -0.15) is 0 Å². The number of nitrogens with zero attached hydrogens (tertiary/aromatic N) is 2. The summed E-state index contributed by atoms with van der Waals surface area (Å²) in [4.78, 5) is 7.25. The van der Waals surface area contributed by atoms with E-state index in [9.17, 15) is 8.42 Å². The van der Waals surface area contributed by atoms with Crippen molar-refractivity contribution in [3.8, 4) is 5.75 Å². The van der Waals surface area contributed by atoms with Crippen molar-refractivity contribution in [2.24, 2.45) is 4.99 Å². The first-order valence-electron chi connectivity index (χ1n) is 10.4. The number of hydrogen-bond donors (Lipinski definition) is 3. The second-order valence-corrected chi connectivity index (χ2v) is 9.07. The molecular formula is C20H35N5O3S. The summed E-state index contributed by atoms with van der Waals surface area (Å²) in [6.07, 6.45) is 2.43. The molecule has 1 aliphatic heterocycles. The Labute approximate surface area is 175 Å². The molecule has 1 heterocycles. The maximum atomic E-state index is 11.5. The van der Waals surface area contributed by atoms with Crippen LogP contribution < -0.4 is 20.1 Å². The number of benzene rings is 1. The normalized spacial score (nSPS) is 16.6. The van der Waals surface area contributed by atoms with Crippen LogP contribution in [0.1, 0.15) is 38.3 Å². The van der Waals surface area contributed by atoms with E-state index in [1.54, 1.807) is 14.0 Å². The van der Waals surface area contributed by atoms with Crippen LogP contribution in [0.5, 0.6) is 5.75 Å². The second kappa shape index (κ2) is 12.0. The Hall–Kier alpha value is -1.84.